The first-order valence-electron chi connectivity index (χ1n) is 9.52. The Bertz CT molecular complexity index is 820. The molecule has 2 N–H and O–H groups in total. The third-order valence-electron chi connectivity index (χ3n) is 4.32. The third-order valence-corrected chi connectivity index (χ3v) is 4.66. The molecule has 28 heavy (non-hydrogen) atoms. The zero-order valence-corrected chi connectivity index (χ0v) is 17.8. The fourth-order valence-electron chi connectivity index (χ4n) is 2.84. The summed E-state index contributed by atoms with van der Waals surface area (Å²) in [6.07, 6.45) is 0.756. The minimum atomic E-state index is 0.00826. The molecule has 1 atom stereocenters. The molecule has 0 aliphatic carbocycles. The van der Waals surface area contributed by atoms with Crippen molar-refractivity contribution in [3.05, 3.63) is 70.2 Å². The number of rotatable bonds is 7. The molecule has 2 aromatic carbocycles. The SMILES string of the molecule is CCNC(=NCCc1cccc(C(=O)N(C)C)c1)NC(C)c1ccccc1Cl. The van der Waals surface area contributed by atoms with Gasteiger partial charge in [-0.2, -0.15) is 0 Å². The Kier molecular flexibility index (Phi) is 8.33. The lowest BCUT2D eigenvalue weighted by atomic mass is 10.1. The first-order chi connectivity index (χ1) is 13.4. The topological polar surface area (TPSA) is 56.7 Å². The van der Waals surface area contributed by atoms with Gasteiger partial charge in [0.05, 0.1) is 6.04 Å². The van der Waals surface area contributed by atoms with Crippen LogP contribution >= 0.6 is 11.6 Å². The average molecular weight is 401 g/mol. The molecule has 0 fully saturated rings. The van der Waals surface area contributed by atoms with Crippen molar-refractivity contribution in [2.75, 3.05) is 27.2 Å². The number of amides is 1. The van der Waals surface area contributed by atoms with Crippen molar-refractivity contribution in [3.63, 3.8) is 0 Å². The van der Waals surface area contributed by atoms with E-state index >= 15 is 0 Å². The number of nitrogens with one attached hydrogen (secondary N) is 2. The molecule has 0 aliphatic heterocycles. The molecular formula is C22H29ClN4O. The first-order valence-corrected chi connectivity index (χ1v) is 9.90. The van der Waals surface area contributed by atoms with Gasteiger partial charge in [0, 0.05) is 37.8 Å². The summed E-state index contributed by atoms with van der Waals surface area (Å²) in [5.74, 6) is 0.754. The van der Waals surface area contributed by atoms with Crippen molar-refractivity contribution in [1.29, 1.82) is 0 Å². The number of hydrogen-bond acceptors (Lipinski definition) is 2. The summed E-state index contributed by atoms with van der Waals surface area (Å²) in [6, 6.07) is 15.5. The number of guanidine groups is 1. The summed E-state index contributed by atoms with van der Waals surface area (Å²) in [5.41, 5.74) is 2.82. The smallest absolute Gasteiger partial charge is 0.253 e. The molecule has 0 aliphatic rings. The second kappa shape index (κ2) is 10.7. The van der Waals surface area contributed by atoms with Gasteiger partial charge in [0.15, 0.2) is 5.96 Å². The zero-order chi connectivity index (χ0) is 20.5. The maximum atomic E-state index is 12.1. The predicted octanol–water partition coefficient (Wildman–Crippen LogP) is 3.90. The molecule has 0 saturated heterocycles. The van der Waals surface area contributed by atoms with Gasteiger partial charge in [0.2, 0.25) is 0 Å². The Morgan fingerprint density at radius 2 is 1.93 bits per heavy atom. The number of carbonyl (C=O) groups is 1. The summed E-state index contributed by atoms with van der Waals surface area (Å²) in [6.45, 7) is 5.48. The van der Waals surface area contributed by atoms with Gasteiger partial charge < -0.3 is 15.5 Å². The van der Waals surface area contributed by atoms with Gasteiger partial charge in [-0.25, -0.2) is 0 Å². The van der Waals surface area contributed by atoms with Gasteiger partial charge in [0.25, 0.3) is 5.91 Å². The van der Waals surface area contributed by atoms with Crippen LogP contribution in [0.25, 0.3) is 0 Å². The third kappa shape index (κ3) is 6.27. The Morgan fingerprint density at radius 3 is 2.61 bits per heavy atom. The van der Waals surface area contributed by atoms with Crippen LogP contribution in [-0.2, 0) is 6.42 Å². The number of aliphatic imine (C=N–C) groups is 1. The number of nitrogens with zero attached hydrogens (tertiary/aromatic N) is 2. The van der Waals surface area contributed by atoms with E-state index in [1.54, 1.807) is 19.0 Å². The summed E-state index contributed by atoms with van der Waals surface area (Å²) in [7, 11) is 3.52. The van der Waals surface area contributed by atoms with Gasteiger partial charge in [-0.3, -0.25) is 9.79 Å². The number of benzene rings is 2. The molecule has 0 radical (unpaired) electrons. The molecule has 1 amide bonds. The van der Waals surface area contributed by atoms with Gasteiger partial charge in [-0.15, -0.1) is 0 Å². The normalized spacial score (nSPS) is 12.4. The van der Waals surface area contributed by atoms with E-state index < -0.39 is 0 Å². The molecule has 2 aromatic rings. The van der Waals surface area contributed by atoms with Crippen LogP contribution < -0.4 is 10.6 Å². The lowest BCUT2D eigenvalue weighted by Crippen LogP contribution is -2.39. The number of carbonyl (C=O) groups excluding carboxylic acids is 1. The van der Waals surface area contributed by atoms with Crippen LogP contribution in [0.4, 0.5) is 0 Å². The van der Waals surface area contributed by atoms with Crippen molar-refractivity contribution in [2.45, 2.75) is 26.3 Å². The molecule has 0 spiro atoms. The largest absolute Gasteiger partial charge is 0.357 e. The molecule has 0 aromatic heterocycles. The number of hydrogen-bond donors (Lipinski definition) is 2. The Hall–Kier alpha value is -2.53. The van der Waals surface area contributed by atoms with Crippen LogP contribution in [0.2, 0.25) is 5.02 Å². The Labute approximate surface area is 172 Å². The lowest BCUT2D eigenvalue weighted by molar-refractivity contribution is 0.0827. The van der Waals surface area contributed by atoms with E-state index in [0.717, 1.165) is 35.1 Å². The molecule has 0 heterocycles. The summed E-state index contributed by atoms with van der Waals surface area (Å²) in [5, 5.41) is 7.40. The molecule has 0 saturated carbocycles. The minimum absolute atomic E-state index is 0.00826. The fraction of sp³-hybridized carbons (Fsp3) is 0.364. The Morgan fingerprint density at radius 1 is 1.18 bits per heavy atom. The van der Waals surface area contributed by atoms with E-state index in [2.05, 4.69) is 22.5 Å². The van der Waals surface area contributed by atoms with Crippen LogP contribution in [0, 0.1) is 0 Å². The number of halogens is 1. The average Bonchev–Trinajstić information content (AvgIpc) is 2.68. The van der Waals surface area contributed by atoms with Gasteiger partial charge in [-0.05, 0) is 49.6 Å². The summed E-state index contributed by atoms with van der Waals surface area (Å²) in [4.78, 5) is 18.4. The van der Waals surface area contributed by atoms with E-state index in [9.17, 15) is 4.79 Å². The molecule has 5 nitrogen and oxygen atoms in total. The molecule has 0 bridgehead atoms. The highest BCUT2D eigenvalue weighted by Gasteiger charge is 2.11. The molecular weight excluding hydrogens is 372 g/mol. The Balaban J connectivity index is 2.02. The highest BCUT2D eigenvalue weighted by atomic mass is 35.5. The second-order valence-corrected chi connectivity index (χ2v) is 7.21. The van der Waals surface area contributed by atoms with Crippen molar-refractivity contribution in [3.8, 4) is 0 Å². The van der Waals surface area contributed by atoms with E-state index in [-0.39, 0.29) is 11.9 Å². The monoisotopic (exact) mass is 400 g/mol. The van der Waals surface area contributed by atoms with Crippen LogP contribution in [0.15, 0.2) is 53.5 Å². The molecule has 2 rings (SSSR count). The quantitative estimate of drug-likeness (QED) is 0.547. The molecule has 150 valence electrons. The first kappa shape index (κ1) is 21.8. The van der Waals surface area contributed by atoms with Crippen LogP contribution in [0.5, 0.6) is 0 Å². The maximum absolute atomic E-state index is 12.1. The minimum Gasteiger partial charge on any atom is -0.357 e. The van der Waals surface area contributed by atoms with Gasteiger partial charge in [0.1, 0.15) is 0 Å². The van der Waals surface area contributed by atoms with E-state index in [1.165, 1.54) is 0 Å². The highest BCUT2D eigenvalue weighted by Crippen LogP contribution is 2.21. The standard InChI is InChI=1S/C22H29ClN4O/c1-5-24-22(26-16(2)19-11-6-7-12-20(19)23)25-14-13-17-9-8-10-18(15-17)21(28)27(3)4/h6-12,15-16H,5,13-14H2,1-4H3,(H2,24,25,26). The highest BCUT2D eigenvalue weighted by molar-refractivity contribution is 6.31. The van der Waals surface area contributed by atoms with Crippen LogP contribution in [0.3, 0.4) is 0 Å². The fourth-order valence-corrected chi connectivity index (χ4v) is 3.14. The van der Waals surface area contributed by atoms with Crippen molar-refractivity contribution in [2.24, 2.45) is 4.99 Å². The lowest BCUT2D eigenvalue weighted by Gasteiger charge is -2.19. The summed E-state index contributed by atoms with van der Waals surface area (Å²) < 4.78 is 0. The maximum Gasteiger partial charge on any atom is 0.253 e. The van der Waals surface area contributed by atoms with Crippen molar-refractivity contribution in [1.82, 2.24) is 15.5 Å². The second-order valence-electron chi connectivity index (χ2n) is 6.80. The predicted molar refractivity (Wildman–Crippen MR) is 117 cm³/mol. The molecule has 1 unspecified atom stereocenters. The van der Waals surface area contributed by atoms with E-state index in [4.69, 9.17) is 11.6 Å². The zero-order valence-electron chi connectivity index (χ0n) is 17.0. The van der Waals surface area contributed by atoms with Crippen molar-refractivity contribution < 1.29 is 4.79 Å². The van der Waals surface area contributed by atoms with Crippen LogP contribution in [0.1, 0.15) is 41.4 Å². The van der Waals surface area contributed by atoms with Crippen LogP contribution in [-0.4, -0.2) is 44.0 Å². The van der Waals surface area contributed by atoms with E-state index in [1.807, 2.05) is 55.5 Å². The van der Waals surface area contributed by atoms with E-state index in [0.29, 0.717) is 12.1 Å². The van der Waals surface area contributed by atoms with Gasteiger partial charge >= 0.3 is 0 Å². The summed E-state index contributed by atoms with van der Waals surface area (Å²) >= 11 is 6.30. The van der Waals surface area contributed by atoms with Gasteiger partial charge in [-0.1, -0.05) is 41.9 Å². The molecule has 6 heteroatoms. The van der Waals surface area contributed by atoms with Crippen molar-refractivity contribution >= 4 is 23.5 Å².